The second-order valence-corrected chi connectivity index (χ2v) is 3.39. The zero-order chi connectivity index (χ0) is 8.65. The van der Waals surface area contributed by atoms with Crippen LogP contribution in [0.25, 0.3) is 0 Å². The highest BCUT2D eigenvalue weighted by molar-refractivity contribution is 7.05. The number of nitrogens with one attached hydrogen (secondary N) is 2. The van der Waals surface area contributed by atoms with E-state index in [1.165, 1.54) is 16.4 Å². The molecule has 0 spiro atoms. The Labute approximate surface area is 76.5 Å². The molecule has 1 heterocycles. The van der Waals surface area contributed by atoms with Gasteiger partial charge in [0.2, 0.25) is 0 Å². The van der Waals surface area contributed by atoms with E-state index in [2.05, 4.69) is 20.2 Å². The summed E-state index contributed by atoms with van der Waals surface area (Å²) in [6, 6.07) is 0. The highest BCUT2D eigenvalue weighted by atomic mass is 32.1. The average molecular weight is 186 g/mol. The Morgan fingerprint density at radius 2 is 2.42 bits per heavy atom. The highest BCUT2D eigenvalue weighted by Gasteiger charge is 1.93. The topological polar surface area (TPSA) is 49.8 Å². The maximum Gasteiger partial charge on any atom is 0.0666 e. The summed E-state index contributed by atoms with van der Waals surface area (Å²) in [5.41, 5.74) is 0. The molecule has 1 aromatic rings. The minimum absolute atomic E-state index is 0.890. The molecule has 1 aromatic heterocycles. The van der Waals surface area contributed by atoms with Gasteiger partial charge in [-0.3, -0.25) is 0 Å². The van der Waals surface area contributed by atoms with Crippen molar-refractivity contribution in [2.45, 2.75) is 13.0 Å². The number of nitrogens with zero attached hydrogens (tertiary/aromatic N) is 2. The zero-order valence-corrected chi connectivity index (χ0v) is 8.02. The van der Waals surface area contributed by atoms with Gasteiger partial charge in [-0.15, -0.1) is 5.10 Å². The van der Waals surface area contributed by atoms with E-state index in [9.17, 15) is 0 Å². The van der Waals surface area contributed by atoms with Gasteiger partial charge in [-0.1, -0.05) is 4.49 Å². The van der Waals surface area contributed by atoms with Gasteiger partial charge in [-0.25, -0.2) is 0 Å². The number of hydrogen-bond acceptors (Lipinski definition) is 5. The van der Waals surface area contributed by atoms with Crippen molar-refractivity contribution in [2.75, 3.05) is 20.1 Å². The Balaban J connectivity index is 1.96. The second kappa shape index (κ2) is 6.05. The van der Waals surface area contributed by atoms with E-state index in [0.29, 0.717) is 0 Å². The van der Waals surface area contributed by atoms with E-state index >= 15 is 0 Å². The summed E-state index contributed by atoms with van der Waals surface area (Å²) in [6.45, 7) is 2.99. The molecule has 0 fully saturated rings. The minimum atomic E-state index is 0.890. The minimum Gasteiger partial charge on any atom is -0.320 e. The molecule has 0 saturated heterocycles. The smallest absolute Gasteiger partial charge is 0.0666 e. The molecular weight excluding hydrogens is 172 g/mol. The zero-order valence-electron chi connectivity index (χ0n) is 7.21. The lowest BCUT2D eigenvalue weighted by Crippen LogP contribution is -2.18. The first kappa shape index (κ1) is 9.57. The van der Waals surface area contributed by atoms with Gasteiger partial charge in [0.15, 0.2) is 0 Å². The van der Waals surface area contributed by atoms with E-state index < -0.39 is 0 Å². The van der Waals surface area contributed by atoms with Gasteiger partial charge < -0.3 is 10.6 Å². The molecule has 0 aromatic carbocycles. The van der Waals surface area contributed by atoms with Crippen LogP contribution in [0.4, 0.5) is 0 Å². The van der Waals surface area contributed by atoms with Gasteiger partial charge in [0.05, 0.1) is 11.1 Å². The third-order valence-corrected chi connectivity index (χ3v) is 2.15. The predicted molar refractivity (Wildman–Crippen MR) is 50.2 cm³/mol. The Morgan fingerprint density at radius 1 is 1.50 bits per heavy atom. The van der Waals surface area contributed by atoms with Crippen molar-refractivity contribution >= 4 is 11.5 Å². The molecule has 68 valence electrons. The van der Waals surface area contributed by atoms with Gasteiger partial charge in [-0.05, 0) is 38.1 Å². The molecule has 0 saturated carbocycles. The van der Waals surface area contributed by atoms with Crippen molar-refractivity contribution in [3.63, 3.8) is 0 Å². The maximum atomic E-state index is 3.78. The highest BCUT2D eigenvalue weighted by Crippen LogP contribution is 1.99. The van der Waals surface area contributed by atoms with Crippen LogP contribution in [0.3, 0.4) is 0 Å². The van der Waals surface area contributed by atoms with Crippen LogP contribution in [-0.4, -0.2) is 29.7 Å². The molecule has 0 amide bonds. The van der Waals surface area contributed by atoms with Crippen molar-refractivity contribution in [3.8, 4) is 0 Å². The number of rotatable bonds is 6. The fourth-order valence-electron chi connectivity index (χ4n) is 0.867. The van der Waals surface area contributed by atoms with E-state index in [0.717, 1.165) is 26.1 Å². The third-order valence-electron chi connectivity index (χ3n) is 1.49. The summed E-state index contributed by atoms with van der Waals surface area (Å²) in [4.78, 5) is 1.19. The van der Waals surface area contributed by atoms with Crippen LogP contribution in [0.2, 0.25) is 0 Å². The fourth-order valence-corrected chi connectivity index (χ4v) is 1.33. The Morgan fingerprint density at radius 3 is 3.08 bits per heavy atom. The van der Waals surface area contributed by atoms with Gasteiger partial charge in [0, 0.05) is 6.54 Å². The third kappa shape index (κ3) is 3.75. The van der Waals surface area contributed by atoms with Crippen LogP contribution >= 0.6 is 11.5 Å². The molecule has 0 radical (unpaired) electrons. The van der Waals surface area contributed by atoms with Gasteiger partial charge >= 0.3 is 0 Å². The van der Waals surface area contributed by atoms with Crippen LogP contribution in [0.15, 0.2) is 6.20 Å². The van der Waals surface area contributed by atoms with Crippen LogP contribution in [0, 0.1) is 0 Å². The number of aromatic nitrogens is 2. The molecular formula is C7H14N4S. The van der Waals surface area contributed by atoms with Crippen molar-refractivity contribution in [1.29, 1.82) is 0 Å². The van der Waals surface area contributed by atoms with Crippen molar-refractivity contribution < 1.29 is 0 Å². The Bertz CT molecular complexity index is 187. The first-order valence-corrected chi connectivity index (χ1v) is 4.82. The lowest BCUT2D eigenvalue weighted by molar-refractivity contribution is 0.628. The molecule has 0 aliphatic carbocycles. The molecule has 2 N–H and O–H groups in total. The second-order valence-electron chi connectivity index (χ2n) is 2.52. The van der Waals surface area contributed by atoms with Crippen molar-refractivity contribution in [2.24, 2.45) is 0 Å². The normalized spacial score (nSPS) is 10.4. The number of hydrogen-bond donors (Lipinski definition) is 2. The summed E-state index contributed by atoms with van der Waals surface area (Å²) in [7, 11) is 1.97. The molecule has 0 aliphatic heterocycles. The molecule has 0 aliphatic rings. The molecule has 0 unspecified atom stereocenters. The van der Waals surface area contributed by atoms with Crippen LogP contribution in [-0.2, 0) is 6.54 Å². The SMILES string of the molecule is CNCCCNCc1cnns1. The molecule has 0 bridgehead atoms. The summed E-state index contributed by atoms with van der Waals surface area (Å²) in [6.07, 6.45) is 2.96. The van der Waals surface area contributed by atoms with Crippen LogP contribution in [0.5, 0.6) is 0 Å². The molecule has 1 rings (SSSR count). The van der Waals surface area contributed by atoms with Gasteiger partial charge in [0.1, 0.15) is 0 Å². The lowest BCUT2D eigenvalue weighted by Gasteiger charge is -2.00. The van der Waals surface area contributed by atoms with Crippen LogP contribution < -0.4 is 10.6 Å². The standard InChI is InChI=1S/C7H14N4S/c1-8-3-2-4-9-5-7-6-10-11-12-7/h6,8-9H,2-5H2,1H3. The van der Waals surface area contributed by atoms with Crippen molar-refractivity contribution in [3.05, 3.63) is 11.1 Å². The Hall–Kier alpha value is -0.520. The monoisotopic (exact) mass is 186 g/mol. The first-order valence-electron chi connectivity index (χ1n) is 4.05. The fraction of sp³-hybridized carbons (Fsp3) is 0.714. The van der Waals surface area contributed by atoms with E-state index in [-0.39, 0.29) is 0 Å². The maximum absolute atomic E-state index is 3.78. The molecule has 0 atom stereocenters. The molecule has 12 heavy (non-hydrogen) atoms. The van der Waals surface area contributed by atoms with Gasteiger partial charge in [-0.2, -0.15) is 0 Å². The lowest BCUT2D eigenvalue weighted by atomic mass is 10.4. The largest absolute Gasteiger partial charge is 0.320 e. The van der Waals surface area contributed by atoms with E-state index in [4.69, 9.17) is 0 Å². The van der Waals surface area contributed by atoms with Gasteiger partial charge in [0.25, 0.3) is 0 Å². The Kier molecular flexibility index (Phi) is 4.82. The summed E-state index contributed by atoms with van der Waals surface area (Å²) in [5, 5.41) is 10.2. The first-order chi connectivity index (χ1) is 5.93. The summed E-state index contributed by atoms with van der Waals surface area (Å²) in [5.74, 6) is 0. The predicted octanol–water partition coefficient (Wildman–Crippen LogP) is 0.237. The molecule has 4 nitrogen and oxygen atoms in total. The van der Waals surface area contributed by atoms with Crippen LogP contribution in [0.1, 0.15) is 11.3 Å². The van der Waals surface area contributed by atoms with E-state index in [1.54, 1.807) is 6.20 Å². The average Bonchev–Trinajstić information content (AvgIpc) is 2.57. The molecule has 5 heteroatoms. The van der Waals surface area contributed by atoms with Crippen molar-refractivity contribution in [1.82, 2.24) is 20.2 Å². The summed E-state index contributed by atoms with van der Waals surface area (Å²) < 4.78 is 3.78. The summed E-state index contributed by atoms with van der Waals surface area (Å²) >= 11 is 1.45. The quantitative estimate of drug-likeness (QED) is 0.625. The van der Waals surface area contributed by atoms with E-state index in [1.807, 2.05) is 7.05 Å².